The average molecular weight is 313 g/mol. The van der Waals surface area contributed by atoms with Gasteiger partial charge in [0, 0.05) is 45.6 Å². The van der Waals surface area contributed by atoms with E-state index < -0.39 is 0 Å². The van der Waals surface area contributed by atoms with Crippen molar-refractivity contribution in [3.05, 3.63) is 16.4 Å². The molecule has 0 aromatic carbocycles. The van der Waals surface area contributed by atoms with Gasteiger partial charge in [0.25, 0.3) is 0 Å². The first-order valence-corrected chi connectivity index (χ1v) is 7.90. The van der Waals surface area contributed by atoms with Crippen molar-refractivity contribution in [3.8, 4) is 0 Å². The third-order valence-corrected chi connectivity index (χ3v) is 4.75. The van der Waals surface area contributed by atoms with Crippen molar-refractivity contribution in [1.29, 1.82) is 0 Å². The van der Waals surface area contributed by atoms with Crippen LogP contribution in [0.3, 0.4) is 0 Å². The zero-order chi connectivity index (χ0) is 15.6. The van der Waals surface area contributed by atoms with Gasteiger partial charge in [-0.25, -0.2) is 0 Å². The molecule has 0 bridgehead atoms. The SMILES string of the molecule is CCc1nn(C)c(CC(=O)CC2CN(C)CCN2C)c1Cl. The summed E-state index contributed by atoms with van der Waals surface area (Å²) in [6, 6.07) is 0.300. The number of ketones is 1. The molecule has 6 heteroatoms. The third kappa shape index (κ3) is 3.84. The van der Waals surface area contributed by atoms with Gasteiger partial charge in [0.2, 0.25) is 0 Å². The number of aryl methyl sites for hydroxylation is 2. The van der Waals surface area contributed by atoms with Crippen molar-refractivity contribution in [2.45, 2.75) is 32.2 Å². The van der Waals surface area contributed by atoms with Gasteiger partial charge in [-0.2, -0.15) is 5.10 Å². The molecule has 0 saturated carbocycles. The number of carbonyl (C=O) groups is 1. The summed E-state index contributed by atoms with van der Waals surface area (Å²) in [5, 5.41) is 5.02. The van der Waals surface area contributed by atoms with E-state index in [0.717, 1.165) is 37.4 Å². The number of halogens is 1. The van der Waals surface area contributed by atoms with Crippen molar-refractivity contribution in [2.24, 2.45) is 7.05 Å². The minimum absolute atomic E-state index is 0.231. The van der Waals surface area contributed by atoms with Gasteiger partial charge in [0.15, 0.2) is 0 Å². The van der Waals surface area contributed by atoms with Gasteiger partial charge in [0.05, 0.1) is 16.4 Å². The Balaban J connectivity index is 2.00. The lowest BCUT2D eigenvalue weighted by Gasteiger charge is -2.37. The van der Waals surface area contributed by atoms with Gasteiger partial charge in [-0.15, -0.1) is 0 Å². The fraction of sp³-hybridized carbons (Fsp3) is 0.733. The number of likely N-dealkylation sites (N-methyl/N-ethyl adjacent to an activating group) is 2. The van der Waals surface area contributed by atoms with Crippen molar-refractivity contribution in [1.82, 2.24) is 19.6 Å². The molecule has 2 rings (SSSR count). The number of aromatic nitrogens is 2. The number of piperazine rings is 1. The molecule has 1 unspecified atom stereocenters. The molecule has 21 heavy (non-hydrogen) atoms. The minimum atomic E-state index is 0.231. The predicted molar refractivity (Wildman–Crippen MR) is 84.8 cm³/mol. The summed E-state index contributed by atoms with van der Waals surface area (Å²) in [5.41, 5.74) is 1.71. The lowest BCUT2D eigenvalue weighted by Crippen LogP contribution is -2.50. The first-order valence-electron chi connectivity index (χ1n) is 7.53. The second-order valence-electron chi connectivity index (χ2n) is 6.00. The zero-order valence-corrected chi connectivity index (χ0v) is 14.2. The van der Waals surface area contributed by atoms with Crippen LogP contribution in [0.4, 0.5) is 0 Å². The van der Waals surface area contributed by atoms with Crippen LogP contribution in [0.15, 0.2) is 0 Å². The van der Waals surface area contributed by atoms with Gasteiger partial charge in [-0.05, 0) is 20.5 Å². The van der Waals surface area contributed by atoms with Gasteiger partial charge < -0.3 is 9.80 Å². The van der Waals surface area contributed by atoms with E-state index in [1.165, 1.54) is 0 Å². The highest BCUT2D eigenvalue weighted by Crippen LogP contribution is 2.22. The molecule has 1 fully saturated rings. The summed E-state index contributed by atoms with van der Waals surface area (Å²) in [5.74, 6) is 0.231. The van der Waals surface area contributed by atoms with E-state index >= 15 is 0 Å². The van der Waals surface area contributed by atoms with Gasteiger partial charge in [-0.1, -0.05) is 18.5 Å². The van der Waals surface area contributed by atoms with E-state index in [1.807, 2.05) is 14.0 Å². The van der Waals surface area contributed by atoms with Crippen LogP contribution in [0.2, 0.25) is 5.02 Å². The molecular formula is C15H25ClN4O. The number of carbonyl (C=O) groups excluding carboxylic acids is 1. The van der Waals surface area contributed by atoms with Crippen LogP contribution in [0.1, 0.15) is 24.7 Å². The molecule has 0 spiro atoms. The summed E-state index contributed by atoms with van der Waals surface area (Å²) >= 11 is 6.31. The number of Topliss-reactive ketones (excluding diaryl/α,β-unsaturated/α-hetero) is 1. The molecular weight excluding hydrogens is 288 g/mol. The molecule has 5 nitrogen and oxygen atoms in total. The largest absolute Gasteiger partial charge is 0.304 e. The Labute approximate surface area is 131 Å². The van der Waals surface area contributed by atoms with E-state index in [-0.39, 0.29) is 5.78 Å². The van der Waals surface area contributed by atoms with Crippen LogP contribution in [0.25, 0.3) is 0 Å². The fourth-order valence-electron chi connectivity index (χ4n) is 2.86. The lowest BCUT2D eigenvalue weighted by atomic mass is 10.0. The van der Waals surface area contributed by atoms with Crippen LogP contribution in [0, 0.1) is 0 Å². The maximum absolute atomic E-state index is 12.4. The summed E-state index contributed by atoms with van der Waals surface area (Å²) in [6.45, 7) is 5.05. The smallest absolute Gasteiger partial charge is 0.140 e. The van der Waals surface area contributed by atoms with Crippen LogP contribution in [-0.4, -0.2) is 65.1 Å². The topological polar surface area (TPSA) is 41.4 Å². The number of hydrogen-bond acceptors (Lipinski definition) is 4. The van der Waals surface area contributed by atoms with Crippen LogP contribution in [0.5, 0.6) is 0 Å². The highest BCUT2D eigenvalue weighted by molar-refractivity contribution is 6.32. The van der Waals surface area contributed by atoms with Gasteiger partial charge in [-0.3, -0.25) is 9.48 Å². The summed E-state index contributed by atoms with van der Waals surface area (Å²) in [6.07, 6.45) is 1.73. The molecule has 2 heterocycles. The van der Waals surface area contributed by atoms with E-state index in [4.69, 9.17) is 11.6 Å². The van der Waals surface area contributed by atoms with E-state index in [2.05, 4.69) is 29.0 Å². The molecule has 1 aliphatic heterocycles. The molecule has 1 saturated heterocycles. The van der Waals surface area contributed by atoms with Crippen LogP contribution < -0.4 is 0 Å². The summed E-state index contributed by atoms with van der Waals surface area (Å²) < 4.78 is 1.75. The Hall–Kier alpha value is -0.910. The Morgan fingerprint density at radius 2 is 2.05 bits per heavy atom. The highest BCUT2D eigenvalue weighted by Gasteiger charge is 2.25. The maximum Gasteiger partial charge on any atom is 0.140 e. The summed E-state index contributed by atoms with van der Waals surface area (Å²) in [4.78, 5) is 16.9. The Bertz CT molecular complexity index is 514. The van der Waals surface area contributed by atoms with Gasteiger partial charge >= 0.3 is 0 Å². The predicted octanol–water partition coefficient (Wildman–Crippen LogP) is 1.38. The first-order chi connectivity index (χ1) is 9.92. The van der Waals surface area contributed by atoms with Crippen molar-refractivity contribution >= 4 is 17.4 Å². The average Bonchev–Trinajstić information content (AvgIpc) is 2.70. The van der Waals surface area contributed by atoms with E-state index in [0.29, 0.717) is 23.9 Å². The lowest BCUT2D eigenvalue weighted by molar-refractivity contribution is -0.120. The standard InChI is InChI=1S/C15H25ClN4O/c1-5-13-15(16)14(20(4)17-13)9-12(21)8-11-10-18(2)6-7-19(11)3/h11H,5-10H2,1-4H3. The van der Waals surface area contributed by atoms with Crippen molar-refractivity contribution in [2.75, 3.05) is 33.7 Å². The Morgan fingerprint density at radius 1 is 1.33 bits per heavy atom. The van der Waals surface area contributed by atoms with Crippen LogP contribution in [-0.2, 0) is 24.7 Å². The Kier molecular flexibility index (Phi) is 5.41. The number of rotatable bonds is 5. The third-order valence-electron chi connectivity index (χ3n) is 4.31. The quantitative estimate of drug-likeness (QED) is 0.824. The zero-order valence-electron chi connectivity index (χ0n) is 13.4. The minimum Gasteiger partial charge on any atom is -0.304 e. The molecule has 1 aromatic heterocycles. The number of nitrogens with zero attached hydrogens (tertiary/aromatic N) is 4. The van der Waals surface area contributed by atoms with Gasteiger partial charge in [0.1, 0.15) is 5.78 Å². The highest BCUT2D eigenvalue weighted by atomic mass is 35.5. The fourth-order valence-corrected chi connectivity index (χ4v) is 3.22. The molecule has 1 aliphatic rings. The van der Waals surface area contributed by atoms with Crippen molar-refractivity contribution < 1.29 is 4.79 Å². The molecule has 0 N–H and O–H groups in total. The normalized spacial score (nSPS) is 20.9. The maximum atomic E-state index is 12.4. The molecule has 0 amide bonds. The monoisotopic (exact) mass is 312 g/mol. The molecule has 0 radical (unpaired) electrons. The summed E-state index contributed by atoms with van der Waals surface area (Å²) in [7, 11) is 6.06. The molecule has 0 aliphatic carbocycles. The van der Waals surface area contributed by atoms with Crippen molar-refractivity contribution in [3.63, 3.8) is 0 Å². The van der Waals surface area contributed by atoms with E-state index in [9.17, 15) is 4.79 Å². The molecule has 1 aromatic rings. The van der Waals surface area contributed by atoms with Crippen LogP contribution >= 0.6 is 11.6 Å². The molecule has 1 atom stereocenters. The Morgan fingerprint density at radius 3 is 2.67 bits per heavy atom. The second-order valence-corrected chi connectivity index (χ2v) is 6.38. The molecule has 118 valence electrons. The van der Waals surface area contributed by atoms with E-state index in [1.54, 1.807) is 4.68 Å². The number of hydrogen-bond donors (Lipinski definition) is 0. The second kappa shape index (κ2) is 6.90. The first kappa shape index (κ1) is 16.5.